The summed E-state index contributed by atoms with van der Waals surface area (Å²) in [6.45, 7) is 4.92. The number of hydrogen-bond donors (Lipinski definition) is 2. The maximum atomic E-state index is 12.6. The van der Waals surface area contributed by atoms with Gasteiger partial charge in [-0.1, -0.05) is 173 Å². The van der Waals surface area contributed by atoms with E-state index in [4.69, 9.17) is 24.3 Å². The normalized spacial score (nSPS) is 13.7. The molecule has 3 N–H and O–H groups in total. The van der Waals surface area contributed by atoms with Crippen LogP contribution in [-0.4, -0.2) is 49.9 Å². The second-order valence-electron chi connectivity index (χ2n) is 14.2. The number of rotatable bonds is 41. The molecule has 0 saturated carbocycles. The van der Waals surface area contributed by atoms with Crippen molar-refractivity contribution in [1.29, 1.82) is 0 Å². The number of allylic oxidation sites excluding steroid dienone is 4. The molecule has 0 heterocycles. The van der Waals surface area contributed by atoms with Crippen molar-refractivity contribution >= 4 is 13.8 Å². The van der Waals surface area contributed by atoms with Gasteiger partial charge >= 0.3 is 13.8 Å². The van der Waals surface area contributed by atoms with Gasteiger partial charge in [0, 0.05) is 19.6 Å². The predicted octanol–water partition coefficient (Wildman–Crippen LogP) is 12.5. The van der Waals surface area contributed by atoms with Crippen molar-refractivity contribution in [3.05, 3.63) is 24.3 Å². The number of hydrogen-bond acceptors (Lipinski definition) is 7. The molecule has 0 fully saturated rings. The van der Waals surface area contributed by atoms with Crippen LogP contribution >= 0.6 is 7.82 Å². The molecular weight excluding hydrogens is 661 g/mol. The van der Waals surface area contributed by atoms with E-state index in [0.717, 1.165) is 38.5 Å². The first-order valence-corrected chi connectivity index (χ1v) is 22.8. The van der Waals surface area contributed by atoms with Crippen molar-refractivity contribution < 1.29 is 32.8 Å². The van der Waals surface area contributed by atoms with E-state index >= 15 is 0 Å². The van der Waals surface area contributed by atoms with Crippen LogP contribution in [-0.2, 0) is 27.9 Å². The summed E-state index contributed by atoms with van der Waals surface area (Å²) in [6.07, 6.45) is 43.3. The molecule has 51 heavy (non-hydrogen) atoms. The maximum absolute atomic E-state index is 12.6. The van der Waals surface area contributed by atoms with Crippen molar-refractivity contribution in [3.63, 3.8) is 0 Å². The van der Waals surface area contributed by atoms with Crippen molar-refractivity contribution in [2.24, 2.45) is 5.73 Å². The molecule has 0 saturated heterocycles. The standard InChI is InChI=1S/C42H82NO7P/c1-3-5-7-9-11-13-15-17-18-19-20-21-22-23-25-27-29-31-33-35-42(44)50-41(40-49-51(45,46)48-38-36-43)39-47-37-34-32-30-28-26-24-16-14-12-10-8-6-4-2/h11,13,17-18,41H,3-10,12,14-16,19-40,43H2,1-2H3,(H,45,46)/b13-11-,18-17-. The van der Waals surface area contributed by atoms with Crippen LogP contribution in [0.3, 0.4) is 0 Å². The SMILES string of the molecule is CCCCC/C=C\C/C=C\CCCCCCCCCCCC(=O)OC(COCCCCCCCCCCCCCCC)COP(=O)(O)OCCN. The Balaban J connectivity index is 4.01. The highest BCUT2D eigenvalue weighted by atomic mass is 31.2. The van der Waals surface area contributed by atoms with Gasteiger partial charge in [0.1, 0.15) is 6.10 Å². The van der Waals surface area contributed by atoms with Crippen LogP contribution in [0.2, 0.25) is 0 Å². The lowest BCUT2D eigenvalue weighted by atomic mass is 10.0. The van der Waals surface area contributed by atoms with Gasteiger partial charge in [-0.25, -0.2) is 4.57 Å². The van der Waals surface area contributed by atoms with Gasteiger partial charge in [-0.3, -0.25) is 13.8 Å². The Kier molecular flexibility index (Phi) is 39.4. The summed E-state index contributed by atoms with van der Waals surface area (Å²) in [7, 11) is -4.27. The summed E-state index contributed by atoms with van der Waals surface area (Å²) < 4.78 is 33.4. The molecule has 0 radical (unpaired) electrons. The molecule has 0 rings (SSSR count). The average Bonchev–Trinajstić information content (AvgIpc) is 3.12. The Morgan fingerprint density at radius 3 is 1.57 bits per heavy atom. The van der Waals surface area contributed by atoms with E-state index in [-0.39, 0.29) is 32.3 Å². The van der Waals surface area contributed by atoms with Crippen LogP contribution in [0.5, 0.6) is 0 Å². The maximum Gasteiger partial charge on any atom is 0.472 e. The van der Waals surface area contributed by atoms with Crippen LogP contribution in [0.25, 0.3) is 0 Å². The lowest BCUT2D eigenvalue weighted by Gasteiger charge is -2.20. The van der Waals surface area contributed by atoms with E-state index in [2.05, 4.69) is 38.2 Å². The summed E-state index contributed by atoms with van der Waals surface area (Å²) in [5.74, 6) is -0.333. The van der Waals surface area contributed by atoms with Gasteiger partial charge < -0.3 is 20.1 Å². The third-order valence-corrected chi connectivity index (χ3v) is 10.1. The lowest BCUT2D eigenvalue weighted by molar-refractivity contribution is -0.154. The van der Waals surface area contributed by atoms with E-state index < -0.39 is 13.9 Å². The van der Waals surface area contributed by atoms with Gasteiger partial charge in [0.25, 0.3) is 0 Å². The van der Waals surface area contributed by atoms with Crippen LogP contribution in [0.15, 0.2) is 24.3 Å². The van der Waals surface area contributed by atoms with Gasteiger partial charge in [0.15, 0.2) is 0 Å². The Labute approximate surface area is 315 Å². The fourth-order valence-corrected chi connectivity index (χ4v) is 6.73. The summed E-state index contributed by atoms with van der Waals surface area (Å²) >= 11 is 0. The minimum absolute atomic E-state index is 0.0943. The third-order valence-electron chi connectivity index (χ3n) is 9.12. The zero-order valence-corrected chi connectivity index (χ0v) is 34.2. The summed E-state index contributed by atoms with van der Waals surface area (Å²) in [5, 5.41) is 0. The molecule has 2 atom stereocenters. The number of carbonyl (C=O) groups excluding carboxylic acids is 1. The van der Waals surface area contributed by atoms with Crippen molar-refractivity contribution in [1.82, 2.24) is 0 Å². The zero-order chi connectivity index (χ0) is 37.4. The number of esters is 1. The number of ether oxygens (including phenoxy) is 2. The monoisotopic (exact) mass is 744 g/mol. The summed E-state index contributed by atoms with van der Waals surface area (Å²) in [6, 6.07) is 0. The first kappa shape index (κ1) is 50.0. The van der Waals surface area contributed by atoms with Crippen LogP contribution < -0.4 is 5.73 Å². The smallest absolute Gasteiger partial charge is 0.457 e. The average molecular weight is 744 g/mol. The summed E-state index contributed by atoms with van der Waals surface area (Å²) in [5.41, 5.74) is 5.36. The number of phosphoric ester groups is 1. The van der Waals surface area contributed by atoms with Gasteiger partial charge in [0.05, 0.1) is 19.8 Å². The van der Waals surface area contributed by atoms with Crippen molar-refractivity contribution in [2.45, 2.75) is 206 Å². The van der Waals surface area contributed by atoms with Crippen LogP contribution in [0.1, 0.15) is 200 Å². The molecule has 0 bridgehead atoms. The van der Waals surface area contributed by atoms with Gasteiger partial charge in [-0.2, -0.15) is 0 Å². The third kappa shape index (κ3) is 40.0. The van der Waals surface area contributed by atoms with Crippen molar-refractivity contribution in [2.75, 3.05) is 33.0 Å². The summed E-state index contributed by atoms with van der Waals surface area (Å²) in [4.78, 5) is 22.5. The van der Waals surface area contributed by atoms with E-state index in [1.807, 2.05) is 0 Å². The molecule has 0 aliphatic carbocycles. The first-order valence-electron chi connectivity index (χ1n) is 21.3. The lowest BCUT2D eigenvalue weighted by Crippen LogP contribution is -2.28. The van der Waals surface area contributed by atoms with E-state index in [9.17, 15) is 14.3 Å². The minimum Gasteiger partial charge on any atom is -0.457 e. The van der Waals surface area contributed by atoms with E-state index in [0.29, 0.717) is 13.0 Å². The second-order valence-corrected chi connectivity index (χ2v) is 15.7. The molecule has 0 aliphatic heterocycles. The molecule has 0 amide bonds. The Bertz CT molecular complexity index is 838. The molecular formula is C42H82NO7P. The Morgan fingerprint density at radius 2 is 1.04 bits per heavy atom. The quantitative estimate of drug-likeness (QED) is 0.0275. The number of phosphoric acid groups is 1. The van der Waals surface area contributed by atoms with E-state index in [1.165, 1.54) is 141 Å². The first-order chi connectivity index (χ1) is 24.9. The Morgan fingerprint density at radius 1 is 0.588 bits per heavy atom. The van der Waals surface area contributed by atoms with Gasteiger partial charge in [0.2, 0.25) is 0 Å². The Hall–Kier alpha value is -1.02. The molecule has 0 spiro atoms. The molecule has 0 aromatic heterocycles. The number of carbonyl (C=O) groups is 1. The fourth-order valence-electron chi connectivity index (χ4n) is 5.97. The van der Waals surface area contributed by atoms with Gasteiger partial charge in [-0.15, -0.1) is 0 Å². The van der Waals surface area contributed by atoms with Gasteiger partial charge in [-0.05, 0) is 44.9 Å². The molecule has 9 heteroatoms. The highest BCUT2D eigenvalue weighted by Crippen LogP contribution is 2.43. The molecule has 0 aliphatic rings. The van der Waals surface area contributed by atoms with Crippen molar-refractivity contribution in [3.8, 4) is 0 Å². The zero-order valence-electron chi connectivity index (χ0n) is 33.3. The van der Waals surface area contributed by atoms with E-state index in [1.54, 1.807) is 0 Å². The van der Waals surface area contributed by atoms with Crippen LogP contribution in [0.4, 0.5) is 0 Å². The predicted molar refractivity (Wildman–Crippen MR) is 215 cm³/mol. The molecule has 2 unspecified atom stereocenters. The largest absolute Gasteiger partial charge is 0.472 e. The van der Waals surface area contributed by atoms with Crippen LogP contribution in [0, 0.1) is 0 Å². The topological polar surface area (TPSA) is 117 Å². The second kappa shape index (κ2) is 40.2. The minimum atomic E-state index is -4.27. The molecule has 8 nitrogen and oxygen atoms in total. The highest BCUT2D eigenvalue weighted by molar-refractivity contribution is 7.47. The fraction of sp³-hybridized carbons (Fsp3) is 0.881. The molecule has 0 aromatic carbocycles. The number of nitrogens with two attached hydrogens (primary N) is 1. The molecule has 302 valence electrons. The molecule has 0 aromatic rings. The highest BCUT2D eigenvalue weighted by Gasteiger charge is 2.25. The number of unbranched alkanes of at least 4 members (excludes halogenated alkanes) is 24.